The van der Waals surface area contributed by atoms with E-state index in [1.165, 1.54) is 25.8 Å². The summed E-state index contributed by atoms with van der Waals surface area (Å²) in [5, 5.41) is 0. The molecule has 0 saturated heterocycles. The third-order valence-corrected chi connectivity index (χ3v) is 4.44. The quantitative estimate of drug-likeness (QED) is 0.613. The minimum Gasteiger partial charge on any atom is -0.303 e. The monoisotopic (exact) mass is 213 g/mol. The Kier molecular flexibility index (Phi) is 6.51. The first-order valence-corrected chi connectivity index (χ1v) is 6.56. The third-order valence-electron chi connectivity index (χ3n) is 4.44. The van der Waals surface area contributed by atoms with Gasteiger partial charge in [0, 0.05) is 6.04 Å². The number of hydrogen-bond donors (Lipinski definition) is 0. The van der Waals surface area contributed by atoms with E-state index in [9.17, 15) is 0 Å². The van der Waals surface area contributed by atoms with Crippen LogP contribution in [0.2, 0.25) is 0 Å². The second kappa shape index (κ2) is 6.52. The Morgan fingerprint density at radius 1 is 1.07 bits per heavy atom. The van der Waals surface area contributed by atoms with Gasteiger partial charge in [-0.3, -0.25) is 0 Å². The summed E-state index contributed by atoms with van der Waals surface area (Å²) in [4.78, 5) is 2.51. The summed E-state index contributed by atoms with van der Waals surface area (Å²) in [6.45, 7) is 15.2. The molecule has 0 aromatic carbocycles. The summed E-state index contributed by atoms with van der Waals surface area (Å²) in [6.07, 6.45) is 3.92. The first-order valence-electron chi connectivity index (χ1n) is 6.56. The smallest absolute Gasteiger partial charge is 0.00868 e. The first kappa shape index (κ1) is 15.0. The van der Waals surface area contributed by atoms with Crippen LogP contribution in [-0.4, -0.2) is 24.5 Å². The molecule has 0 rings (SSSR count). The first-order chi connectivity index (χ1) is 6.86. The van der Waals surface area contributed by atoms with Crippen molar-refractivity contribution < 1.29 is 0 Å². The Hall–Kier alpha value is -0.0400. The molecule has 0 aromatic heterocycles. The lowest BCUT2D eigenvalue weighted by atomic mass is 9.81. The molecule has 0 saturated carbocycles. The summed E-state index contributed by atoms with van der Waals surface area (Å²) in [6, 6.07) is 0.697. The molecule has 1 heteroatoms. The van der Waals surface area contributed by atoms with Crippen LogP contribution in [0.15, 0.2) is 0 Å². The van der Waals surface area contributed by atoms with Crippen molar-refractivity contribution in [1.82, 2.24) is 4.90 Å². The average molecular weight is 213 g/mol. The van der Waals surface area contributed by atoms with E-state index in [2.05, 4.69) is 53.5 Å². The largest absolute Gasteiger partial charge is 0.303 e. The van der Waals surface area contributed by atoms with Crippen LogP contribution in [0.5, 0.6) is 0 Å². The van der Waals surface area contributed by atoms with Crippen molar-refractivity contribution in [3.63, 3.8) is 0 Å². The molecule has 0 bridgehead atoms. The summed E-state index contributed by atoms with van der Waals surface area (Å²) < 4.78 is 0. The van der Waals surface area contributed by atoms with Crippen molar-refractivity contribution >= 4 is 0 Å². The maximum atomic E-state index is 2.51. The molecule has 0 radical (unpaired) electrons. The van der Waals surface area contributed by atoms with Gasteiger partial charge in [-0.2, -0.15) is 0 Å². The Morgan fingerprint density at radius 3 is 1.87 bits per heavy atom. The maximum Gasteiger partial charge on any atom is 0.00868 e. The fourth-order valence-corrected chi connectivity index (χ4v) is 1.76. The summed E-state index contributed by atoms with van der Waals surface area (Å²) >= 11 is 0. The molecular weight excluding hydrogens is 182 g/mol. The molecule has 0 aromatic rings. The second-order valence-electron chi connectivity index (χ2n) is 5.73. The van der Waals surface area contributed by atoms with E-state index in [1.54, 1.807) is 0 Å². The number of nitrogens with zero attached hydrogens (tertiary/aromatic N) is 1. The van der Waals surface area contributed by atoms with Gasteiger partial charge < -0.3 is 4.90 Å². The van der Waals surface area contributed by atoms with E-state index in [0.717, 1.165) is 5.92 Å². The van der Waals surface area contributed by atoms with E-state index in [4.69, 9.17) is 0 Å². The van der Waals surface area contributed by atoms with Crippen LogP contribution in [-0.2, 0) is 0 Å². The Morgan fingerprint density at radius 2 is 1.53 bits per heavy atom. The minimum absolute atomic E-state index is 0.547. The summed E-state index contributed by atoms with van der Waals surface area (Å²) in [7, 11) is 2.26. The third kappa shape index (κ3) is 5.01. The van der Waals surface area contributed by atoms with Crippen LogP contribution >= 0.6 is 0 Å². The van der Waals surface area contributed by atoms with Gasteiger partial charge in [-0.1, -0.05) is 47.5 Å². The van der Waals surface area contributed by atoms with Crippen LogP contribution in [0.1, 0.15) is 60.8 Å². The van der Waals surface area contributed by atoms with Gasteiger partial charge in [0.25, 0.3) is 0 Å². The molecule has 0 aliphatic rings. The second-order valence-corrected chi connectivity index (χ2v) is 5.73. The highest BCUT2D eigenvalue weighted by atomic mass is 15.1. The van der Waals surface area contributed by atoms with Crippen LogP contribution in [0.4, 0.5) is 0 Å². The fourth-order valence-electron chi connectivity index (χ4n) is 1.76. The van der Waals surface area contributed by atoms with Gasteiger partial charge in [-0.15, -0.1) is 0 Å². The molecule has 1 nitrogen and oxygen atoms in total. The minimum atomic E-state index is 0.547. The number of hydrogen-bond acceptors (Lipinski definition) is 1. The number of rotatable bonds is 7. The molecular formula is C14H31N. The molecule has 0 N–H and O–H groups in total. The van der Waals surface area contributed by atoms with Crippen LogP contribution in [0, 0.1) is 11.3 Å². The molecule has 1 unspecified atom stereocenters. The lowest BCUT2D eigenvalue weighted by Crippen LogP contribution is -2.36. The average Bonchev–Trinajstić information content (AvgIpc) is 2.24. The maximum absolute atomic E-state index is 2.51. The standard InChI is InChI=1S/C14H31N/c1-8-14(6,9-2)10-11-15(7)13(5)12(3)4/h12-13H,8-11H2,1-7H3. The SMILES string of the molecule is CCC(C)(CC)CCN(C)C(C)C(C)C. The fraction of sp³-hybridized carbons (Fsp3) is 1.00. The van der Waals surface area contributed by atoms with Gasteiger partial charge in [0.2, 0.25) is 0 Å². The van der Waals surface area contributed by atoms with Crippen molar-refractivity contribution in [2.45, 2.75) is 66.8 Å². The van der Waals surface area contributed by atoms with Gasteiger partial charge in [-0.25, -0.2) is 0 Å². The van der Waals surface area contributed by atoms with Crippen molar-refractivity contribution in [1.29, 1.82) is 0 Å². The highest BCUT2D eigenvalue weighted by molar-refractivity contribution is 4.74. The summed E-state index contributed by atoms with van der Waals surface area (Å²) in [5.41, 5.74) is 0.547. The van der Waals surface area contributed by atoms with E-state index < -0.39 is 0 Å². The predicted molar refractivity (Wildman–Crippen MR) is 70.2 cm³/mol. The van der Waals surface area contributed by atoms with Crippen molar-refractivity contribution in [3.05, 3.63) is 0 Å². The van der Waals surface area contributed by atoms with Crippen LogP contribution < -0.4 is 0 Å². The van der Waals surface area contributed by atoms with E-state index in [-0.39, 0.29) is 0 Å². The molecule has 92 valence electrons. The molecule has 0 spiro atoms. The zero-order valence-corrected chi connectivity index (χ0v) is 11.9. The van der Waals surface area contributed by atoms with Gasteiger partial charge in [0.05, 0.1) is 0 Å². The molecule has 1 atom stereocenters. The lowest BCUT2D eigenvalue weighted by molar-refractivity contribution is 0.162. The van der Waals surface area contributed by atoms with Crippen LogP contribution in [0.25, 0.3) is 0 Å². The zero-order chi connectivity index (χ0) is 12.1. The molecule has 0 heterocycles. The zero-order valence-electron chi connectivity index (χ0n) is 11.9. The van der Waals surface area contributed by atoms with E-state index >= 15 is 0 Å². The van der Waals surface area contributed by atoms with Gasteiger partial charge in [-0.05, 0) is 38.3 Å². The lowest BCUT2D eigenvalue weighted by Gasteiger charge is -2.33. The molecule has 0 fully saturated rings. The van der Waals surface area contributed by atoms with Crippen molar-refractivity contribution in [2.24, 2.45) is 11.3 Å². The normalized spacial score (nSPS) is 15.0. The predicted octanol–water partition coefficient (Wildman–Crippen LogP) is 4.18. The molecule has 0 aliphatic carbocycles. The van der Waals surface area contributed by atoms with Gasteiger partial charge in [0.15, 0.2) is 0 Å². The van der Waals surface area contributed by atoms with Crippen molar-refractivity contribution in [2.75, 3.05) is 13.6 Å². The highest BCUT2D eigenvalue weighted by Crippen LogP contribution is 2.29. The Bertz CT molecular complexity index is 159. The van der Waals surface area contributed by atoms with E-state index in [1.807, 2.05) is 0 Å². The van der Waals surface area contributed by atoms with Gasteiger partial charge in [0.1, 0.15) is 0 Å². The van der Waals surface area contributed by atoms with E-state index in [0.29, 0.717) is 11.5 Å². The molecule has 15 heavy (non-hydrogen) atoms. The van der Waals surface area contributed by atoms with Gasteiger partial charge >= 0.3 is 0 Å². The summed E-state index contributed by atoms with van der Waals surface area (Å²) in [5.74, 6) is 0.754. The molecule has 0 aliphatic heterocycles. The van der Waals surface area contributed by atoms with Crippen LogP contribution in [0.3, 0.4) is 0 Å². The van der Waals surface area contributed by atoms with Crippen molar-refractivity contribution in [3.8, 4) is 0 Å². The molecule has 0 amide bonds. The highest BCUT2D eigenvalue weighted by Gasteiger charge is 2.21. The Labute approximate surface area is 97.2 Å². The Balaban J connectivity index is 4.04. The topological polar surface area (TPSA) is 3.24 Å².